The first-order valence-electron chi connectivity index (χ1n) is 7.76. The first-order valence-corrected chi connectivity index (χ1v) is 7.76. The quantitative estimate of drug-likeness (QED) is 0.492. The molecular formula is C19H17F3N2O2. The maximum atomic E-state index is 12.7. The fourth-order valence-electron chi connectivity index (χ4n) is 2.05. The third kappa shape index (κ3) is 6.40. The summed E-state index contributed by atoms with van der Waals surface area (Å²) in [4.78, 5) is 11.5. The number of nitrogens with two attached hydrogens (primary N) is 1. The summed E-state index contributed by atoms with van der Waals surface area (Å²) in [5.74, 6) is 5.30. The number of carbonyl (C=O) groups excluding carboxylic acids is 1. The fraction of sp³-hybridized carbons (Fsp3) is 0.211. The van der Waals surface area contributed by atoms with Gasteiger partial charge < -0.3 is 15.8 Å². The van der Waals surface area contributed by atoms with Gasteiger partial charge in [0.25, 0.3) is 0 Å². The minimum Gasteiger partial charge on any atom is -0.445 e. The predicted molar refractivity (Wildman–Crippen MR) is 92.0 cm³/mol. The van der Waals surface area contributed by atoms with Crippen LogP contribution in [0.1, 0.15) is 23.1 Å². The lowest BCUT2D eigenvalue weighted by atomic mass is 10.1. The van der Waals surface area contributed by atoms with Crippen molar-refractivity contribution in [2.45, 2.75) is 19.2 Å². The van der Waals surface area contributed by atoms with E-state index < -0.39 is 17.8 Å². The Morgan fingerprint density at radius 2 is 1.88 bits per heavy atom. The van der Waals surface area contributed by atoms with Crippen molar-refractivity contribution in [2.75, 3.05) is 12.3 Å². The smallest absolute Gasteiger partial charge is 0.416 e. The molecule has 0 fully saturated rings. The van der Waals surface area contributed by atoms with Crippen LogP contribution in [0.25, 0.3) is 0 Å². The number of amides is 1. The van der Waals surface area contributed by atoms with Gasteiger partial charge in [-0.2, -0.15) is 13.2 Å². The zero-order valence-corrected chi connectivity index (χ0v) is 13.8. The van der Waals surface area contributed by atoms with Crippen molar-refractivity contribution in [3.8, 4) is 11.8 Å². The first kappa shape index (κ1) is 19.2. The number of carbonyl (C=O) groups is 1. The number of alkyl carbamates (subject to hydrolysis) is 1. The Morgan fingerprint density at radius 1 is 1.15 bits per heavy atom. The number of alkyl halides is 3. The zero-order valence-electron chi connectivity index (χ0n) is 13.8. The monoisotopic (exact) mass is 362 g/mol. The van der Waals surface area contributed by atoms with Crippen LogP contribution >= 0.6 is 0 Å². The van der Waals surface area contributed by atoms with Gasteiger partial charge in [0.15, 0.2) is 0 Å². The standard InChI is InChI=1S/C19H17F3N2O2/c20-19(21,22)16-10-15(11-17(23)12-16)8-4-5-9-24-18(25)26-13-14-6-2-1-3-7-14/h1-3,6-7,10-12H,5,9,13,23H2,(H,24,25). The van der Waals surface area contributed by atoms with Crippen LogP contribution in [0.2, 0.25) is 0 Å². The SMILES string of the molecule is Nc1cc(C#CCCNC(=O)OCc2ccccc2)cc(C(F)(F)F)c1. The Balaban J connectivity index is 1.78. The van der Waals surface area contributed by atoms with Gasteiger partial charge in [-0.1, -0.05) is 42.2 Å². The van der Waals surface area contributed by atoms with E-state index in [0.717, 1.165) is 17.7 Å². The van der Waals surface area contributed by atoms with E-state index >= 15 is 0 Å². The van der Waals surface area contributed by atoms with Crippen LogP contribution < -0.4 is 11.1 Å². The van der Waals surface area contributed by atoms with E-state index in [-0.39, 0.29) is 30.8 Å². The minimum absolute atomic E-state index is 0.00765. The number of hydrogen-bond donors (Lipinski definition) is 2. The van der Waals surface area contributed by atoms with E-state index in [4.69, 9.17) is 10.5 Å². The van der Waals surface area contributed by atoms with Crippen molar-refractivity contribution in [3.05, 3.63) is 65.2 Å². The van der Waals surface area contributed by atoms with E-state index in [0.29, 0.717) is 0 Å². The van der Waals surface area contributed by atoms with Gasteiger partial charge in [0.1, 0.15) is 6.61 Å². The fourth-order valence-corrected chi connectivity index (χ4v) is 2.05. The van der Waals surface area contributed by atoms with Crippen LogP contribution in [0, 0.1) is 11.8 Å². The molecule has 2 rings (SSSR count). The molecule has 4 nitrogen and oxygen atoms in total. The normalized spacial score (nSPS) is 10.6. The number of benzene rings is 2. The third-order valence-corrected chi connectivity index (χ3v) is 3.25. The number of nitrogen functional groups attached to an aromatic ring is 1. The summed E-state index contributed by atoms with van der Waals surface area (Å²) in [6.07, 6.45) is -4.80. The van der Waals surface area contributed by atoms with E-state index in [1.807, 2.05) is 30.3 Å². The Labute approximate surface area is 149 Å². The van der Waals surface area contributed by atoms with Gasteiger partial charge in [0.2, 0.25) is 0 Å². The highest BCUT2D eigenvalue weighted by atomic mass is 19.4. The van der Waals surface area contributed by atoms with Gasteiger partial charge >= 0.3 is 12.3 Å². The average molecular weight is 362 g/mol. The molecule has 1 amide bonds. The van der Waals surface area contributed by atoms with E-state index in [9.17, 15) is 18.0 Å². The Bertz CT molecular complexity index is 809. The molecule has 2 aromatic rings. The van der Waals surface area contributed by atoms with Crippen molar-refractivity contribution in [1.82, 2.24) is 5.32 Å². The number of ether oxygens (including phenoxy) is 1. The molecule has 0 atom stereocenters. The maximum Gasteiger partial charge on any atom is 0.416 e. The molecule has 0 aliphatic heterocycles. The lowest BCUT2D eigenvalue weighted by Crippen LogP contribution is -2.24. The minimum atomic E-state index is -4.48. The number of halogens is 3. The summed E-state index contributed by atoms with van der Waals surface area (Å²) in [6.45, 7) is 0.372. The summed E-state index contributed by atoms with van der Waals surface area (Å²) in [6, 6.07) is 12.4. The van der Waals surface area contributed by atoms with Gasteiger partial charge in [0, 0.05) is 24.2 Å². The highest BCUT2D eigenvalue weighted by Gasteiger charge is 2.30. The molecule has 0 aliphatic carbocycles. The van der Waals surface area contributed by atoms with Gasteiger partial charge in [-0.3, -0.25) is 0 Å². The van der Waals surface area contributed by atoms with Gasteiger partial charge in [-0.05, 0) is 23.8 Å². The summed E-state index contributed by atoms with van der Waals surface area (Å²) in [5, 5.41) is 2.52. The Morgan fingerprint density at radius 3 is 2.58 bits per heavy atom. The highest BCUT2D eigenvalue weighted by molar-refractivity contribution is 5.67. The van der Waals surface area contributed by atoms with Gasteiger partial charge in [-0.25, -0.2) is 4.79 Å². The molecule has 0 heterocycles. The molecule has 0 spiro atoms. The number of anilines is 1. The molecule has 0 saturated carbocycles. The van der Waals surface area contributed by atoms with Gasteiger partial charge in [0.05, 0.1) is 5.56 Å². The van der Waals surface area contributed by atoms with Crippen LogP contribution in [-0.2, 0) is 17.5 Å². The highest BCUT2D eigenvalue weighted by Crippen LogP contribution is 2.31. The van der Waals surface area contributed by atoms with E-state index in [1.165, 1.54) is 6.07 Å². The van der Waals surface area contributed by atoms with Crippen molar-refractivity contribution < 1.29 is 22.7 Å². The molecule has 26 heavy (non-hydrogen) atoms. The van der Waals surface area contributed by atoms with Crippen LogP contribution in [-0.4, -0.2) is 12.6 Å². The number of hydrogen-bond acceptors (Lipinski definition) is 3. The predicted octanol–water partition coefficient (Wildman–Crippen LogP) is 3.96. The summed E-state index contributed by atoms with van der Waals surface area (Å²) < 4.78 is 43.2. The molecule has 0 saturated heterocycles. The molecule has 7 heteroatoms. The van der Waals surface area contributed by atoms with Gasteiger partial charge in [-0.15, -0.1) is 0 Å². The topological polar surface area (TPSA) is 64.3 Å². The molecule has 0 radical (unpaired) electrons. The molecule has 0 unspecified atom stereocenters. The van der Waals surface area contributed by atoms with Crippen LogP contribution in [0.5, 0.6) is 0 Å². The average Bonchev–Trinajstić information content (AvgIpc) is 2.59. The molecular weight excluding hydrogens is 345 g/mol. The van der Waals surface area contributed by atoms with Crippen LogP contribution in [0.4, 0.5) is 23.7 Å². The van der Waals surface area contributed by atoms with E-state index in [1.54, 1.807) is 0 Å². The van der Waals surface area contributed by atoms with Crippen molar-refractivity contribution in [3.63, 3.8) is 0 Å². The maximum absolute atomic E-state index is 12.7. The lowest BCUT2D eigenvalue weighted by Gasteiger charge is -2.07. The lowest BCUT2D eigenvalue weighted by molar-refractivity contribution is -0.137. The summed E-state index contributed by atoms with van der Waals surface area (Å²) >= 11 is 0. The van der Waals surface area contributed by atoms with E-state index in [2.05, 4.69) is 17.2 Å². The number of nitrogens with one attached hydrogen (secondary N) is 1. The molecule has 3 N–H and O–H groups in total. The van der Waals surface area contributed by atoms with Crippen molar-refractivity contribution in [2.24, 2.45) is 0 Å². The summed E-state index contributed by atoms with van der Waals surface area (Å²) in [5.41, 5.74) is 5.65. The largest absolute Gasteiger partial charge is 0.445 e. The van der Waals surface area contributed by atoms with Crippen molar-refractivity contribution >= 4 is 11.8 Å². The molecule has 0 bridgehead atoms. The number of rotatable bonds is 4. The third-order valence-electron chi connectivity index (χ3n) is 3.25. The van der Waals surface area contributed by atoms with Crippen LogP contribution in [0.15, 0.2) is 48.5 Å². The Hall–Kier alpha value is -3.14. The molecule has 0 aliphatic rings. The zero-order chi connectivity index (χ0) is 19.0. The first-order chi connectivity index (χ1) is 12.3. The summed E-state index contributed by atoms with van der Waals surface area (Å²) in [7, 11) is 0. The van der Waals surface area contributed by atoms with Crippen LogP contribution in [0.3, 0.4) is 0 Å². The van der Waals surface area contributed by atoms with Crippen molar-refractivity contribution in [1.29, 1.82) is 0 Å². The Kier molecular flexibility index (Phi) is 6.50. The molecule has 2 aromatic carbocycles. The second kappa shape index (κ2) is 8.81. The molecule has 136 valence electrons. The second-order valence-electron chi connectivity index (χ2n) is 5.38. The molecule has 0 aromatic heterocycles. The second-order valence-corrected chi connectivity index (χ2v) is 5.38.